The molecule has 234 valence electrons. The summed E-state index contributed by atoms with van der Waals surface area (Å²) < 4.78 is 4.81. The Morgan fingerprint density at radius 2 is 0.680 bits per heavy atom. The van der Waals surface area contributed by atoms with Crippen LogP contribution in [0, 0.1) is 0 Å². The Kier molecular flexibility index (Phi) is 6.53. The van der Waals surface area contributed by atoms with Crippen LogP contribution < -0.4 is 0 Å². The van der Waals surface area contributed by atoms with Crippen molar-refractivity contribution in [2.45, 2.75) is 0 Å². The van der Waals surface area contributed by atoms with Gasteiger partial charge in [-0.3, -0.25) is 0 Å². The second-order valence-corrected chi connectivity index (χ2v) is 13.0. The van der Waals surface area contributed by atoms with Gasteiger partial charge in [-0.25, -0.2) is 0 Å². The van der Waals surface area contributed by atoms with Gasteiger partial charge in [-0.2, -0.15) is 0 Å². The molecule has 0 atom stereocenters. The van der Waals surface area contributed by atoms with Gasteiger partial charge in [-0.15, -0.1) is 0 Å². The maximum atomic E-state index is 2.41. The number of rotatable bonds is 5. The van der Waals surface area contributed by atoms with Gasteiger partial charge >= 0.3 is 0 Å². The van der Waals surface area contributed by atoms with Gasteiger partial charge in [0.2, 0.25) is 0 Å². The van der Waals surface area contributed by atoms with E-state index in [-0.39, 0.29) is 0 Å². The van der Waals surface area contributed by atoms with Crippen LogP contribution in [0.2, 0.25) is 0 Å². The minimum atomic E-state index is 1.16. The van der Waals surface area contributed by atoms with Crippen molar-refractivity contribution >= 4 is 43.6 Å². The Morgan fingerprint density at radius 3 is 1.40 bits per heavy atom. The Bertz CT molecular complexity index is 2840. The quantitative estimate of drug-likeness (QED) is 0.178. The Balaban J connectivity index is 1.12. The molecule has 2 aromatic heterocycles. The van der Waals surface area contributed by atoms with E-state index in [9.17, 15) is 0 Å². The minimum Gasteiger partial charge on any atom is -0.309 e. The highest BCUT2D eigenvalue weighted by molar-refractivity contribution is 6.12. The lowest BCUT2D eigenvalue weighted by atomic mass is 10.0. The van der Waals surface area contributed by atoms with Gasteiger partial charge in [-0.05, 0) is 88.0 Å². The largest absolute Gasteiger partial charge is 0.309 e. The van der Waals surface area contributed by atoms with Crippen molar-refractivity contribution in [3.8, 4) is 44.8 Å². The van der Waals surface area contributed by atoms with Gasteiger partial charge in [0.1, 0.15) is 0 Å². The fraction of sp³-hybridized carbons (Fsp3) is 0. The second-order valence-electron chi connectivity index (χ2n) is 13.0. The molecule has 0 saturated carbocycles. The molecular formula is C48H32N2. The van der Waals surface area contributed by atoms with E-state index in [1.165, 1.54) is 77.0 Å². The number of fused-ring (bicyclic) bond motifs is 6. The van der Waals surface area contributed by atoms with Crippen LogP contribution in [-0.4, -0.2) is 9.13 Å². The SMILES string of the molecule is c1ccc(-c2ccc(-n3c4ccccc4c4ccc(-c5ccc6c(c5)c5ccccc5n6-c5cccc(-c6ccccc6)c5)cc43)cc2)cc1. The van der Waals surface area contributed by atoms with Crippen molar-refractivity contribution in [3.05, 3.63) is 194 Å². The minimum absolute atomic E-state index is 1.16. The van der Waals surface area contributed by atoms with Gasteiger partial charge < -0.3 is 9.13 Å². The number of nitrogens with zero attached hydrogens (tertiary/aromatic N) is 2. The molecule has 2 heteroatoms. The number of para-hydroxylation sites is 2. The lowest BCUT2D eigenvalue weighted by Crippen LogP contribution is -1.94. The van der Waals surface area contributed by atoms with Crippen molar-refractivity contribution in [2.24, 2.45) is 0 Å². The zero-order valence-corrected chi connectivity index (χ0v) is 27.4. The van der Waals surface area contributed by atoms with E-state index in [0.717, 1.165) is 11.4 Å². The molecule has 2 nitrogen and oxygen atoms in total. The molecule has 0 aliphatic heterocycles. The molecule has 0 spiro atoms. The smallest absolute Gasteiger partial charge is 0.0547 e. The third-order valence-corrected chi connectivity index (χ3v) is 10.1. The summed E-state index contributed by atoms with van der Waals surface area (Å²) in [6.45, 7) is 0. The van der Waals surface area contributed by atoms with Crippen LogP contribution in [0.5, 0.6) is 0 Å². The first kappa shape index (κ1) is 28.4. The summed E-state index contributed by atoms with van der Waals surface area (Å²) in [4.78, 5) is 0. The number of hydrogen-bond donors (Lipinski definition) is 0. The van der Waals surface area contributed by atoms with E-state index in [2.05, 4.69) is 203 Å². The molecule has 10 aromatic rings. The van der Waals surface area contributed by atoms with Gasteiger partial charge in [0.05, 0.1) is 22.1 Å². The Labute approximate surface area is 290 Å². The zero-order chi connectivity index (χ0) is 33.0. The normalized spacial score (nSPS) is 11.6. The van der Waals surface area contributed by atoms with Gasteiger partial charge in [0, 0.05) is 32.9 Å². The van der Waals surface area contributed by atoms with Crippen LogP contribution in [0.4, 0.5) is 0 Å². The van der Waals surface area contributed by atoms with E-state index in [1.807, 2.05) is 0 Å². The van der Waals surface area contributed by atoms with Crippen LogP contribution in [0.15, 0.2) is 194 Å². The average molecular weight is 637 g/mol. The molecular weight excluding hydrogens is 605 g/mol. The van der Waals surface area contributed by atoms with Crippen LogP contribution in [0.1, 0.15) is 0 Å². The summed E-state index contributed by atoms with van der Waals surface area (Å²) in [7, 11) is 0. The number of benzene rings is 8. The second kappa shape index (κ2) is 11.5. The summed E-state index contributed by atoms with van der Waals surface area (Å²) in [5.41, 5.74) is 14.4. The van der Waals surface area contributed by atoms with E-state index >= 15 is 0 Å². The summed E-state index contributed by atoms with van der Waals surface area (Å²) in [5, 5.41) is 5.02. The van der Waals surface area contributed by atoms with Crippen molar-refractivity contribution in [1.29, 1.82) is 0 Å². The average Bonchev–Trinajstić information content (AvgIpc) is 3.71. The molecule has 0 saturated heterocycles. The van der Waals surface area contributed by atoms with E-state index in [4.69, 9.17) is 0 Å². The van der Waals surface area contributed by atoms with Gasteiger partial charge in [0.25, 0.3) is 0 Å². The molecule has 0 amide bonds. The van der Waals surface area contributed by atoms with Gasteiger partial charge in [-0.1, -0.05) is 140 Å². The molecule has 2 heterocycles. The van der Waals surface area contributed by atoms with Crippen molar-refractivity contribution in [3.63, 3.8) is 0 Å². The van der Waals surface area contributed by atoms with Crippen molar-refractivity contribution < 1.29 is 0 Å². The summed E-state index contributed by atoms with van der Waals surface area (Å²) in [6, 6.07) is 70.4. The Hall–Kier alpha value is -6.64. The molecule has 0 bridgehead atoms. The van der Waals surface area contributed by atoms with Crippen LogP contribution in [0.3, 0.4) is 0 Å². The molecule has 0 unspecified atom stereocenters. The first-order valence-corrected chi connectivity index (χ1v) is 17.2. The van der Waals surface area contributed by atoms with E-state index < -0.39 is 0 Å². The molecule has 0 fully saturated rings. The van der Waals surface area contributed by atoms with Crippen LogP contribution >= 0.6 is 0 Å². The fourth-order valence-corrected chi connectivity index (χ4v) is 7.75. The third kappa shape index (κ3) is 4.57. The Morgan fingerprint density at radius 1 is 0.220 bits per heavy atom. The highest BCUT2D eigenvalue weighted by Gasteiger charge is 2.16. The first-order valence-electron chi connectivity index (χ1n) is 17.2. The van der Waals surface area contributed by atoms with Crippen molar-refractivity contribution in [2.75, 3.05) is 0 Å². The highest BCUT2D eigenvalue weighted by atomic mass is 15.0. The van der Waals surface area contributed by atoms with E-state index in [0.29, 0.717) is 0 Å². The lowest BCUT2D eigenvalue weighted by molar-refractivity contribution is 1.18. The number of aromatic nitrogens is 2. The topological polar surface area (TPSA) is 9.86 Å². The molecule has 8 aromatic carbocycles. The predicted molar refractivity (Wildman–Crippen MR) is 211 cm³/mol. The van der Waals surface area contributed by atoms with Crippen molar-refractivity contribution in [1.82, 2.24) is 9.13 Å². The molecule has 0 aliphatic carbocycles. The molecule has 10 rings (SSSR count). The predicted octanol–water partition coefficient (Wildman–Crippen LogP) is 12.9. The summed E-state index contributed by atoms with van der Waals surface area (Å²) >= 11 is 0. The van der Waals surface area contributed by atoms with E-state index in [1.54, 1.807) is 0 Å². The molecule has 50 heavy (non-hydrogen) atoms. The summed E-state index contributed by atoms with van der Waals surface area (Å²) in [6.07, 6.45) is 0. The maximum Gasteiger partial charge on any atom is 0.0547 e. The third-order valence-electron chi connectivity index (χ3n) is 10.1. The monoisotopic (exact) mass is 636 g/mol. The molecule has 0 aliphatic rings. The number of hydrogen-bond acceptors (Lipinski definition) is 0. The van der Waals surface area contributed by atoms with Gasteiger partial charge in [0.15, 0.2) is 0 Å². The standard InChI is InChI=1S/C48H32N2/c1-3-12-33(13-4-1)35-22-26-39(27-23-35)49-45-20-9-7-18-41(45)43-28-24-38(32-48(43)49)37-25-29-47-44(31-37)42-19-8-10-21-46(42)50(47)40-17-11-16-36(30-40)34-14-5-2-6-15-34/h1-32H. The first-order chi connectivity index (χ1) is 24.8. The maximum absolute atomic E-state index is 2.41. The lowest BCUT2D eigenvalue weighted by Gasteiger charge is -2.11. The summed E-state index contributed by atoms with van der Waals surface area (Å²) in [5.74, 6) is 0. The molecule has 0 radical (unpaired) electrons. The fourth-order valence-electron chi connectivity index (χ4n) is 7.75. The van der Waals surface area contributed by atoms with Crippen LogP contribution in [0.25, 0.3) is 88.4 Å². The highest BCUT2D eigenvalue weighted by Crippen LogP contribution is 2.39. The zero-order valence-electron chi connectivity index (χ0n) is 27.4. The van der Waals surface area contributed by atoms with Crippen LogP contribution in [-0.2, 0) is 0 Å². The molecule has 0 N–H and O–H groups in total.